The van der Waals surface area contributed by atoms with Crippen molar-refractivity contribution in [2.24, 2.45) is 0 Å². The molecule has 2 aromatic rings. The molecule has 0 atom stereocenters. The quantitative estimate of drug-likeness (QED) is 0.811. The van der Waals surface area contributed by atoms with Gasteiger partial charge in [0.05, 0.1) is 10.6 Å². The fourth-order valence-corrected chi connectivity index (χ4v) is 6.03. The molecule has 2 aromatic heterocycles. The summed E-state index contributed by atoms with van der Waals surface area (Å²) in [5.74, 6) is 0.331. The number of sulfonamides is 1. The molecule has 0 saturated carbocycles. The number of carbonyl (C=O) groups excluding carboxylic acids is 1. The van der Waals surface area contributed by atoms with E-state index < -0.39 is 10.0 Å². The highest BCUT2D eigenvalue weighted by Gasteiger charge is 2.33. The van der Waals surface area contributed by atoms with E-state index in [9.17, 15) is 13.2 Å². The van der Waals surface area contributed by atoms with Gasteiger partial charge < -0.3 is 9.42 Å². The molecule has 1 aliphatic heterocycles. The predicted octanol–water partition coefficient (Wildman–Crippen LogP) is 2.12. The summed E-state index contributed by atoms with van der Waals surface area (Å²) in [5, 5.41) is 3.81. The minimum Gasteiger partial charge on any atom is -0.361 e. The van der Waals surface area contributed by atoms with Crippen LogP contribution in [-0.4, -0.2) is 54.9 Å². The third-order valence-electron chi connectivity index (χ3n) is 4.39. The molecular formula is C16H21N3O4S2. The monoisotopic (exact) mass is 383 g/mol. The van der Waals surface area contributed by atoms with E-state index in [1.165, 1.54) is 15.6 Å². The van der Waals surface area contributed by atoms with Gasteiger partial charge in [0.25, 0.3) is 5.91 Å². The Kier molecular flexibility index (Phi) is 4.74. The third-order valence-corrected chi connectivity index (χ3v) is 7.51. The average Bonchev–Trinajstić information content (AvgIpc) is 3.08. The summed E-state index contributed by atoms with van der Waals surface area (Å²) in [6, 6.07) is 1.72. The minimum atomic E-state index is -3.52. The second-order valence-corrected chi connectivity index (χ2v) is 9.54. The first-order valence-electron chi connectivity index (χ1n) is 8.01. The van der Waals surface area contributed by atoms with E-state index in [0.717, 1.165) is 9.75 Å². The lowest BCUT2D eigenvalue weighted by Crippen LogP contribution is -2.50. The van der Waals surface area contributed by atoms with Gasteiger partial charge in [-0.05, 0) is 33.8 Å². The van der Waals surface area contributed by atoms with Crippen LogP contribution in [0.25, 0.3) is 0 Å². The molecule has 0 spiro atoms. The zero-order chi connectivity index (χ0) is 18.4. The van der Waals surface area contributed by atoms with Gasteiger partial charge in [0.1, 0.15) is 11.3 Å². The lowest BCUT2D eigenvalue weighted by atomic mass is 10.1. The van der Waals surface area contributed by atoms with Gasteiger partial charge in [0, 0.05) is 35.9 Å². The van der Waals surface area contributed by atoms with Crippen LogP contribution < -0.4 is 0 Å². The van der Waals surface area contributed by atoms with Crippen molar-refractivity contribution in [3.63, 3.8) is 0 Å². The number of thiophene rings is 1. The van der Waals surface area contributed by atoms with Gasteiger partial charge in [0.2, 0.25) is 10.0 Å². The largest absolute Gasteiger partial charge is 0.361 e. The van der Waals surface area contributed by atoms with E-state index in [0.29, 0.717) is 35.0 Å². The maximum absolute atomic E-state index is 12.8. The number of amides is 1. The highest BCUT2D eigenvalue weighted by molar-refractivity contribution is 7.89. The maximum atomic E-state index is 12.8. The second kappa shape index (κ2) is 6.54. The predicted molar refractivity (Wildman–Crippen MR) is 94.4 cm³/mol. The molecule has 7 nitrogen and oxygen atoms in total. The zero-order valence-electron chi connectivity index (χ0n) is 14.7. The first kappa shape index (κ1) is 18.1. The van der Waals surface area contributed by atoms with Gasteiger partial charge in [-0.25, -0.2) is 8.42 Å². The van der Waals surface area contributed by atoms with Gasteiger partial charge in [0.15, 0.2) is 0 Å². The molecule has 3 rings (SSSR count). The van der Waals surface area contributed by atoms with Crippen molar-refractivity contribution in [3.05, 3.63) is 32.8 Å². The van der Waals surface area contributed by atoms with Crippen LogP contribution in [-0.2, 0) is 10.0 Å². The molecule has 0 unspecified atom stereocenters. The Balaban J connectivity index is 1.74. The average molecular weight is 383 g/mol. The van der Waals surface area contributed by atoms with Crippen LogP contribution >= 0.6 is 11.3 Å². The number of hydrogen-bond donors (Lipinski definition) is 0. The fourth-order valence-electron chi connectivity index (χ4n) is 3.08. The Morgan fingerprint density at radius 3 is 2.28 bits per heavy atom. The first-order chi connectivity index (χ1) is 11.7. The summed E-state index contributed by atoms with van der Waals surface area (Å²) in [4.78, 5) is 16.5. The van der Waals surface area contributed by atoms with Crippen LogP contribution in [0.1, 0.15) is 31.6 Å². The summed E-state index contributed by atoms with van der Waals surface area (Å²) in [7, 11) is -3.52. The van der Waals surface area contributed by atoms with Crippen LogP contribution in [0.3, 0.4) is 0 Å². The van der Waals surface area contributed by atoms with Gasteiger partial charge in [-0.15, -0.1) is 11.3 Å². The number of aromatic nitrogens is 1. The third kappa shape index (κ3) is 3.23. The normalized spacial score (nSPS) is 16.4. The van der Waals surface area contributed by atoms with Crippen molar-refractivity contribution >= 4 is 27.3 Å². The smallest absolute Gasteiger partial charge is 0.259 e. The topological polar surface area (TPSA) is 83.7 Å². The van der Waals surface area contributed by atoms with Gasteiger partial charge in [-0.3, -0.25) is 4.79 Å². The van der Waals surface area contributed by atoms with Crippen molar-refractivity contribution in [2.75, 3.05) is 26.2 Å². The van der Waals surface area contributed by atoms with E-state index in [4.69, 9.17) is 4.52 Å². The minimum absolute atomic E-state index is 0.157. The molecule has 1 saturated heterocycles. The summed E-state index contributed by atoms with van der Waals surface area (Å²) < 4.78 is 32.2. The second-order valence-electron chi connectivity index (χ2n) is 6.17. The Labute approximate surface area is 151 Å². The summed E-state index contributed by atoms with van der Waals surface area (Å²) in [5.41, 5.74) is 1.03. The van der Waals surface area contributed by atoms with Crippen molar-refractivity contribution < 1.29 is 17.7 Å². The van der Waals surface area contributed by atoms with E-state index in [1.807, 2.05) is 13.8 Å². The Morgan fingerprint density at radius 1 is 1.16 bits per heavy atom. The standard InChI is InChI=1S/C16H21N3O4S2/c1-10-9-14(13(4)24-10)25(21,22)19-7-5-18(6-8-19)16(20)15-11(2)17-23-12(15)3/h9H,5-8H2,1-4H3. The SMILES string of the molecule is Cc1cc(S(=O)(=O)N2CCN(C(=O)c3c(C)noc3C)CC2)c(C)s1. The van der Waals surface area contributed by atoms with Crippen molar-refractivity contribution in [2.45, 2.75) is 32.6 Å². The van der Waals surface area contributed by atoms with Crippen LogP contribution in [0.2, 0.25) is 0 Å². The Bertz CT molecular complexity index is 886. The van der Waals surface area contributed by atoms with Gasteiger partial charge in [-0.1, -0.05) is 5.16 Å². The van der Waals surface area contributed by atoms with Crippen LogP contribution in [0.4, 0.5) is 0 Å². The van der Waals surface area contributed by atoms with Crippen LogP contribution in [0, 0.1) is 27.7 Å². The van der Waals surface area contributed by atoms with E-state index in [2.05, 4.69) is 5.16 Å². The lowest BCUT2D eigenvalue weighted by molar-refractivity contribution is 0.0695. The molecule has 0 aromatic carbocycles. The van der Waals surface area contributed by atoms with Crippen molar-refractivity contribution in [1.29, 1.82) is 0 Å². The van der Waals surface area contributed by atoms with E-state index in [1.54, 1.807) is 24.8 Å². The van der Waals surface area contributed by atoms with E-state index >= 15 is 0 Å². The van der Waals surface area contributed by atoms with Gasteiger partial charge >= 0.3 is 0 Å². The fraction of sp³-hybridized carbons (Fsp3) is 0.500. The molecule has 0 bridgehead atoms. The number of nitrogens with zero attached hydrogens (tertiary/aromatic N) is 3. The molecule has 1 aliphatic rings. The summed E-state index contributed by atoms with van der Waals surface area (Å²) in [6.07, 6.45) is 0. The van der Waals surface area contributed by atoms with Gasteiger partial charge in [-0.2, -0.15) is 4.31 Å². The number of rotatable bonds is 3. The summed E-state index contributed by atoms with van der Waals surface area (Å²) >= 11 is 1.48. The van der Waals surface area contributed by atoms with E-state index in [-0.39, 0.29) is 19.0 Å². The maximum Gasteiger partial charge on any atom is 0.259 e. The molecule has 1 amide bonds. The molecular weight excluding hydrogens is 362 g/mol. The Hall–Kier alpha value is -1.71. The molecule has 0 radical (unpaired) electrons. The highest BCUT2D eigenvalue weighted by Crippen LogP contribution is 2.28. The number of aryl methyl sites for hydroxylation is 4. The lowest BCUT2D eigenvalue weighted by Gasteiger charge is -2.34. The molecule has 3 heterocycles. The number of carbonyl (C=O) groups is 1. The molecule has 136 valence electrons. The number of hydrogen-bond acceptors (Lipinski definition) is 6. The summed E-state index contributed by atoms with van der Waals surface area (Å²) in [6.45, 7) is 8.42. The first-order valence-corrected chi connectivity index (χ1v) is 10.3. The van der Waals surface area contributed by atoms with Crippen LogP contribution in [0.5, 0.6) is 0 Å². The van der Waals surface area contributed by atoms with Crippen molar-refractivity contribution in [3.8, 4) is 0 Å². The zero-order valence-corrected chi connectivity index (χ0v) is 16.3. The molecule has 25 heavy (non-hydrogen) atoms. The Morgan fingerprint density at radius 2 is 1.80 bits per heavy atom. The molecule has 0 N–H and O–H groups in total. The molecule has 0 aliphatic carbocycles. The molecule has 1 fully saturated rings. The van der Waals surface area contributed by atoms with Crippen LogP contribution in [0.15, 0.2) is 15.5 Å². The highest BCUT2D eigenvalue weighted by atomic mass is 32.2. The van der Waals surface area contributed by atoms with Crippen molar-refractivity contribution in [1.82, 2.24) is 14.4 Å². The number of piperazine rings is 1. The molecule has 9 heteroatoms.